The minimum absolute atomic E-state index is 0.0193. The molecule has 0 radical (unpaired) electrons. The normalized spacial score (nSPS) is 17.6. The molecular weight excluding hydrogens is 554 g/mol. The second-order valence-electron chi connectivity index (χ2n) is 8.88. The fraction of sp³-hybridized carbons (Fsp3) is 0.259. The number of alkyl halides is 6. The number of nitrogens with zero attached hydrogens (tertiary/aromatic N) is 1. The van der Waals surface area contributed by atoms with Crippen LogP contribution in [0.25, 0.3) is 0 Å². The average Bonchev–Trinajstić information content (AvgIpc) is 3.19. The van der Waals surface area contributed by atoms with E-state index in [1.54, 1.807) is 18.2 Å². The summed E-state index contributed by atoms with van der Waals surface area (Å²) in [7, 11) is 0. The number of benzene rings is 3. The van der Waals surface area contributed by atoms with Crippen molar-refractivity contribution in [3.05, 3.63) is 106 Å². The Balaban J connectivity index is 1.64. The maximum atomic E-state index is 13.9. The van der Waals surface area contributed by atoms with Gasteiger partial charge in [0.05, 0.1) is 29.3 Å². The molecule has 0 aromatic heterocycles. The Morgan fingerprint density at radius 3 is 2.05 bits per heavy atom. The van der Waals surface area contributed by atoms with Gasteiger partial charge in [0, 0.05) is 13.0 Å². The predicted octanol–water partition coefficient (Wildman–Crippen LogP) is 7.31. The number of carbonyl (C=O) groups excluding carboxylic acids is 2. The molecule has 0 aliphatic carbocycles. The van der Waals surface area contributed by atoms with E-state index in [-0.39, 0.29) is 30.2 Å². The first-order valence-corrected chi connectivity index (χ1v) is 11.7. The second kappa shape index (κ2) is 11.1. The third-order valence-corrected chi connectivity index (χ3v) is 6.14. The third-order valence-electron chi connectivity index (χ3n) is 6.14. The minimum Gasteiger partial charge on any atom is -0.462 e. The molecule has 1 heterocycles. The number of hydrogen-bond acceptors (Lipinski definition) is 4. The summed E-state index contributed by atoms with van der Waals surface area (Å²) in [5.74, 6) is -3.19. The maximum Gasteiger partial charge on any atom is 0.416 e. The van der Waals surface area contributed by atoms with Crippen LogP contribution in [0.3, 0.4) is 0 Å². The highest BCUT2D eigenvalue weighted by Crippen LogP contribution is 2.39. The van der Waals surface area contributed by atoms with Gasteiger partial charge in [-0.2, -0.15) is 26.3 Å². The van der Waals surface area contributed by atoms with Crippen molar-refractivity contribution in [1.82, 2.24) is 4.90 Å². The Labute approximate surface area is 221 Å². The summed E-state index contributed by atoms with van der Waals surface area (Å²) >= 11 is 0. The van der Waals surface area contributed by atoms with Crippen LogP contribution in [0, 0.1) is 11.6 Å². The molecule has 1 saturated heterocycles. The molecule has 1 amide bonds. The number of rotatable bonds is 7. The molecule has 40 heavy (non-hydrogen) atoms. The Kier molecular flexibility index (Phi) is 8.03. The first-order valence-electron chi connectivity index (χ1n) is 11.7. The van der Waals surface area contributed by atoms with E-state index < -0.39 is 71.4 Å². The van der Waals surface area contributed by atoms with Crippen LogP contribution in [0.4, 0.5) is 39.9 Å². The van der Waals surface area contributed by atoms with Crippen LogP contribution < -0.4 is 0 Å². The van der Waals surface area contributed by atoms with Crippen LogP contribution in [-0.4, -0.2) is 29.6 Å². The molecule has 0 saturated carbocycles. The van der Waals surface area contributed by atoms with Crippen LogP contribution >= 0.6 is 0 Å². The van der Waals surface area contributed by atoms with Gasteiger partial charge in [0.2, 0.25) is 0 Å². The van der Waals surface area contributed by atoms with Crippen LogP contribution in [-0.2, 0) is 28.4 Å². The van der Waals surface area contributed by atoms with Crippen molar-refractivity contribution >= 4 is 12.1 Å². The predicted molar refractivity (Wildman–Crippen MR) is 123 cm³/mol. The number of ether oxygens (including phenoxy) is 2. The summed E-state index contributed by atoms with van der Waals surface area (Å²) in [6.45, 7) is -1.09. The van der Waals surface area contributed by atoms with Gasteiger partial charge < -0.3 is 9.47 Å². The molecule has 3 aromatic rings. The zero-order chi connectivity index (χ0) is 29.2. The van der Waals surface area contributed by atoms with Gasteiger partial charge in [-0.15, -0.1) is 0 Å². The van der Waals surface area contributed by atoms with E-state index in [1.165, 1.54) is 12.1 Å². The van der Waals surface area contributed by atoms with E-state index in [4.69, 9.17) is 9.47 Å². The monoisotopic (exact) mass is 573 g/mol. The fourth-order valence-corrected chi connectivity index (χ4v) is 4.26. The van der Waals surface area contributed by atoms with Crippen LogP contribution in [0.5, 0.6) is 0 Å². The van der Waals surface area contributed by atoms with Crippen LogP contribution in [0.15, 0.2) is 66.7 Å². The molecule has 4 rings (SSSR count). The first kappa shape index (κ1) is 28.8. The number of hydrogen-bond donors (Lipinski definition) is 0. The molecule has 2 atom stereocenters. The summed E-state index contributed by atoms with van der Waals surface area (Å²) in [5.41, 5.74) is -3.46. The van der Waals surface area contributed by atoms with E-state index in [0.717, 1.165) is 23.1 Å². The second-order valence-corrected chi connectivity index (χ2v) is 8.88. The molecule has 13 heteroatoms. The van der Waals surface area contributed by atoms with Crippen molar-refractivity contribution in [2.75, 3.05) is 6.61 Å². The number of esters is 1. The molecule has 1 fully saturated rings. The van der Waals surface area contributed by atoms with Gasteiger partial charge in [0.1, 0.15) is 6.10 Å². The van der Waals surface area contributed by atoms with Crippen molar-refractivity contribution in [2.45, 2.75) is 37.5 Å². The van der Waals surface area contributed by atoms with Gasteiger partial charge in [0.15, 0.2) is 11.6 Å². The molecule has 0 spiro atoms. The van der Waals surface area contributed by atoms with Gasteiger partial charge in [-0.05, 0) is 53.6 Å². The topological polar surface area (TPSA) is 55.8 Å². The summed E-state index contributed by atoms with van der Waals surface area (Å²) in [6, 6.07) is 10.2. The van der Waals surface area contributed by atoms with E-state index in [0.29, 0.717) is 12.1 Å². The zero-order valence-electron chi connectivity index (χ0n) is 20.2. The Bertz CT molecular complexity index is 1360. The highest BCUT2D eigenvalue weighted by atomic mass is 19.4. The van der Waals surface area contributed by atoms with Crippen molar-refractivity contribution < 1.29 is 54.2 Å². The number of halogens is 8. The molecule has 5 nitrogen and oxygen atoms in total. The number of amides is 1. The van der Waals surface area contributed by atoms with Crippen LogP contribution in [0.1, 0.15) is 45.1 Å². The molecule has 1 aliphatic rings. The SMILES string of the molecule is O=C(OCCC1C(c2ccc(F)c(F)c2)OC(=O)N1Cc1cc(C(F)(F)F)cc(C(F)(F)F)c1)c1ccccc1. The molecular formula is C27H19F8NO4. The molecule has 212 valence electrons. The Hall–Kier alpha value is -4.16. The van der Waals surface area contributed by atoms with Crippen molar-refractivity contribution in [3.63, 3.8) is 0 Å². The summed E-state index contributed by atoms with van der Waals surface area (Å²) in [4.78, 5) is 26.0. The molecule has 1 aliphatic heterocycles. The largest absolute Gasteiger partial charge is 0.462 e. The van der Waals surface area contributed by atoms with Crippen molar-refractivity contribution in [3.8, 4) is 0 Å². The molecule has 2 unspecified atom stereocenters. The van der Waals surface area contributed by atoms with E-state index in [2.05, 4.69) is 0 Å². The molecule has 0 bridgehead atoms. The van der Waals surface area contributed by atoms with Gasteiger partial charge in [-0.3, -0.25) is 4.90 Å². The number of cyclic esters (lactones) is 1. The Morgan fingerprint density at radius 2 is 1.48 bits per heavy atom. The van der Waals surface area contributed by atoms with Crippen LogP contribution in [0.2, 0.25) is 0 Å². The smallest absolute Gasteiger partial charge is 0.416 e. The van der Waals surface area contributed by atoms with E-state index >= 15 is 0 Å². The lowest BCUT2D eigenvalue weighted by atomic mass is 9.98. The van der Waals surface area contributed by atoms with Crippen molar-refractivity contribution in [2.24, 2.45) is 0 Å². The van der Waals surface area contributed by atoms with E-state index in [9.17, 15) is 44.7 Å². The fourth-order valence-electron chi connectivity index (χ4n) is 4.26. The lowest BCUT2D eigenvalue weighted by Gasteiger charge is -2.25. The molecule has 3 aromatic carbocycles. The quantitative estimate of drug-likeness (QED) is 0.220. The van der Waals surface area contributed by atoms with Crippen molar-refractivity contribution in [1.29, 1.82) is 0 Å². The maximum absolute atomic E-state index is 13.9. The zero-order valence-corrected chi connectivity index (χ0v) is 20.2. The Morgan fingerprint density at radius 1 is 0.850 bits per heavy atom. The summed E-state index contributed by atoms with van der Waals surface area (Å²) < 4.78 is 118. The lowest BCUT2D eigenvalue weighted by Crippen LogP contribution is -2.35. The number of carbonyl (C=O) groups is 2. The third kappa shape index (κ3) is 6.52. The minimum atomic E-state index is -5.11. The van der Waals surface area contributed by atoms with Gasteiger partial charge in [-0.25, -0.2) is 18.4 Å². The average molecular weight is 573 g/mol. The van der Waals surface area contributed by atoms with E-state index in [1.807, 2.05) is 0 Å². The standard InChI is InChI=1S/C27H19F8NO4/c28-20-7-6-17(12-21(20)29)23-22(8-9-39-24(37)16-4-2-1-3-5-16)36(25(38)40-23)14-15-10-18(26(30,31)32)13-19(11-15)27(33,34)35/h1-7,10-13,22-23H,8-9,14H2. The summed E-state index contributed by atoms with van der Waals surface area (Å²) in [6.07, 6.45) is -12.8. The first-order chi connectivity index (χ1) is 18.7. The lowest BCUT2D eigenvalue weighted by molar-refractivity contribution is -0.143. The highest BCUT2D eigenvalue weighted by Gasteiger charge is 2.44. The van der Waals surface area contributed by atoms with Gasteiger partial charge in [0.25, 0.3) is 0 Å². The highest BCUT2D eigenvalue weighted by molar-refractivity contribution is 5.89. The molecule has 0 N–H and O–H groups in total. The van der Waals surface area contributed by atoms with Gasteiger partial charge in [-0.1, -0.05) is 24.3 Å². The summed E-state index contributed by atoms with van der Waals surface area (Å²) in [5, 5.41) is 0. The van der Waals surface area contributed by atoms with Gasteiger partial charge >= 0.3 is 24.4 Å².